The molecule has 4 heteroatoms. The van der Waals surface area contributed by atoms with Crippen LogP contribution in [0.3, 0.4) is 0 Å². The molecule has 0 spiro atoms. The number of benzene rings is 1. The van der Waals surface area contributed by atoms with E-state index >= 15 is 0 Å². The van der Waals surface area contributed by atoms with Crippen LogP contribution in [-0.4, -0.2) is 32.0 Å². The largest absolute Gasteiger partial charge is 0.396 e. The fraction of sp³-hybridized carbons (Fsp3) is 0.500. The molecule has 1 aromatic rings. The lowest BCUT2D eigenvalue weighted by molar-refractivity contribution is -0.155. The van der Waals surface area contributed by atoms with Crippen LogP contribution >= 0.6 is 11.6 Å². The van der Waals surface area contributed by atoms with E-state index in [2.05, 4.69) is 5.32 Å². The van der Waals surface area contributed by atoms with Gasteiger partial charge in [0.25, 0.3) is 0 Å². The molecule has 2 N–H and O–H groups in total. The summed E-state index contributed by atoms with van der Waals surface area (Å²) >= 11 is 5.86. The Bertz CT molecular complexity index is 343. The first kappa shape index (κ1) is 11.9. The molecule has 1 aromatic carbocycles. The van der Waals surface area contributed by atoms with Crippen LogP contribution in [0.25, 0.3) is 0 Å². The smallest absolute Gasteiger partial charge is 0.0596 e. The van der Waals surface area contributed by atoms with E-state index in [1.54, 1.807) is 0 Å². The maximum absolute atomic E-state index is 9.51. The van der Waals surface area contributed by atoms with Gasteiger partial charge in [0.2, 0.25) is 0 Å². The quantitative estimate of drug-likeness (QED) is 0.842. The molecule has 0 aliphatic carbocycles. The first-order valence-corrected chi connectivity index (χ1v) is 5.71. The van der Waals surface area contributed by atoms with Crippen molar-refractivity contribution < 1.29 is 9.84 Å². The lowest BCUT2D eigenvalue weighted by Gasteiger charge is -2.46. The van der Waals surface area contributed by atoms with E-state index in [0.717, 1.165) is 10.6 Å². The average Bonchev–Trinajstić information content (AvgIpc) is 2.25. The van der Waals surface area contributed by atoms with Crippen molar-refractivity contribution in [1.82, 2.24) is 5.32 Å². The number of aliphatic hydroxyl groups excluding tert-OH is 1. The fourth-order valence-corrected chi connectivity index (χ4v) is 2.32. The second kappa shape index (κ2) is 4.72. The van der Waals surface area contributed by atoms with E-state index in [0.29, 0.717) is 13.2 Å². The molecule has 1 heterocycles. The number of hydrogen-bond acceptors (Lipinski definition) is 3. The highest BCUT2D eigenvalue weighted by Crippen LogP contribution is 2.40. The van der Waals surface area contributed by atoms with Gasteiger partial charge < -0.3 is 15.2 Å². The van der Waals surface area contributed by atoms with Crippen LogP contribution in [0.15, 0.2) is 24.3 Å². The molecular weight excluding hydrogens is 226 g/mol. The molecule has 2 rings (SSSR count). The molecule has 1 fully saturated rings. The molecule has 0 radical (unpaired) electrons. The summed E-state index contributed by atoms with van der Waals surface area (Å²) in [5.41, 5.74) is 0.937. The predicted molar refractivity (Wildman–Crippen MR) is 63.6 cm³/mol. The third-order valence-electron chi connectivity index (χ3n) is 3.20. The molecule has 1 saturated heterocycles. The molecule has 1 aliphatic rings. The van der Waals surface area contributed by atoms with Crippen molar-refractivity contribution in [2.75, 3.05) is 26.9 Å². The molecule has 16 heavy (non-hydrogen) atoms. The molecule has 0 bridgehead atoms. The summed E-state index contributed by atoms with van der Waals surface area (Å²) in [7, 11) is 1.90. The summed E-state index contributed by atoms with van der Waals surface area (Å²) in [6, 6.07) is 7.80. The topological polar surface area (TPSA) is 41.5 Å². The van der Waals surface area contributed by atoms with Gasteiger partial charge in [0.1, 0.15) is 0 Å². The van der Waals surface area contributed by atoms with Crippen LogP contribution in [0.5, 0.6) is 0 Å². The van der Waals surface area contributed by atoms with Gasteiger partial charge in [0.15, 0.2) is 0 Å². The molecule has 0 saturated carbocycles. The van der Waals surface area contributed by atoms with Gasteiger partial charge in [0, 0.05) is 11.1 Å². The van der Waals surface area contributed by atoms with E-state index in [1.165, 1.54) is 0 Å². The van der Waals surface area contributed by atoms with E-state index in [9.17, 15) is 5.11 Å². The maximum atomic E-state index is 9.51. The van der Waals surface area contributed by atoms with Crippen molar-refractivity contribution in [2.24, 2.45) is 5.41 Å². The molecule has 88 valence electrons. The summed E-state index contributed by atoms with van der Waals surface area (Å²) in [6.07, 6.45) is 0. The van der Waals surface area contributed by atoms with Gasteiger partial charge >= 0.3 is 0 Å². The van der Waals surface area contributed by atoms with Gasteiger partial charge in [-0.25, -0.2) is 0 Å². The summed E-state index contributed by atoms with van der Waals surface area (Å²) in [6.45, 7) is 1.32. The van der Waals surface area contributed by atoms with Crippen molar-refractivity contribution in [3.05, 3.63) is 34.9 Å². The second-order valence-electron chi connectivity index (χ2n) is 4.29. The highest BCUT2D eigenvalue weighted by molar-refractivity contribution is 6.30. The van der Waals surface area contributed by atoms with E-state index in [4.69, 9.17) is 16.3 Å². The number of aliphatic hydroxyl groups is 1. The Morgan fingerprint density at radius 1 is 1.44 bits per heavy atom. The third kappa shape index (κ3) is 1.96. The molecular formula is C12H16ClNO2. The molecule has 1 atom stereocenters. The van der Waals surface area contributed by atoms with E-state index in [1.807, 2.05) is 31.3 Å². The SMILES string of the molecule is CNC(c1ccc(Cl)cc1)C1(CO)COC1. The first-order valence-electron chi connectivity index (χ1n) is 5.33. The van der Waals surface area contributed by atoms with Gasteiger partial charge in [-0.2, -0.15) is 0 Å². The standard InChI is InChI=1S/C12H16ClNO2/c1-14-11(12(6-15)7-16-8-12)9-2-4-10(13)5-3-9/h2-5,11,14-15H,6-8H2,1H3. The Morgan fingerprint density at radius 2 is 2.06 bits per heavy atom. The lowest BCUT2D eigenvalue weighted by atomic mass is 9.76. The van der Waals surface area contributed by atoms with Crippen molar-refractivity contribution in [3.63, 3.8) is 0 Å². The summed E-state index contributed by atoms with van der Waals surface area (Å²) in [5.74, 6) is 0. The Hall–Kier alpha value is -0.610. The van der Waals surface area contributed by atoms with Crippen molar-refractivity contribution >= 4 is 11.6 Å². The van der Waals surface area contributed by atoms with Crippen LogP contribution in [0, 0.1) is 5.41 Å². The van der Waals surface area contributed by atoms with Crippen molar-refractivity contribution in [3.8, 4) is 0 Å². The van der Waals surface area contributed by atoms with Crippen molar-refractivity contribution in [1.29, 1.82) is 0 Å². The maximum Gasteiger partial charge on any atom is 0.0596 e. The molecule has 3 nitrogen and oxygen atoms in total. The third-order valence-corrected chi connectivity index (χ3v) is 3.45. The Labute approximate surface area is 100 Å². The minimum atomic E-state index is -0.192. The molecule has 0 aromatic heterocycles. The first-order chi connectivity index (χ1) is 7.72. The zero-order valence-corrected chi connectivity index (χ0v) is 10.00. The summed E-state index contributed by atoms with van der Waals surface area (Å²) in [5, 5.41) is 13.5. The van der Waals surface area contributed by atoms with Crippen LogP contribution < -0.4 is 5.32 Å². The second-order valence-corrected chi connectivity index (χ2v) is 4.72. The average molecular weight is 242 g/mol. The van der Waals surface area contributed by atoms with Gasteiger partial charge in [-0.1, -0.05) is 23.7 Å². The zero-order chi connectivity index (χ0) is 11.6. The number of rotatable bonds is 4. The van der Waals surface area contributed by atoms with Crippen molar-refractivity contribution in [2.45, 2.75) is 6.04 Å². The Balaban J connectivity index is 2.25. The van der Waals surface area contributed by atoms with Crippen LogP contribution in [0.1, 0.15) is 11.6 Å². The highest BCUT2D eigenvalue weighted by atomic mass is 35.5. The Kier molecular flexibility index (Phi) is 3.50. The number of hydrogen-bond donors (Lipinski definition) is 2. The summed E-state index contributed by atoms with van der Waals surface area (Å²) < 4.78 is 5.23. The number of nitrogens with one attached hydrogen (secondary N) is 1. The lowest BCUT2D eigenvalue weighted by Crippen LogP contribution is -2.53. The highest BCUT2D eigenvalue weighted by Gasteiger charge is 2.45. The monoisotopic (exact) mass is 241 g/mol. The van der Waals surface area contributed by atoms with Crippen LogP contribution in [0.4, 0.5) is 0 Å². The number of halogens is 1. The van der Waals surface area contributed by atoms with Gasteiger partial charge in [-0.3, -0.25) is 0 Å². The predicted octanol–water partition coefficient (Wildman–Crippen LogP) is 1.61. The molecule has 0 amide bonds. The van der Waals surface area contributed by atoms with E-state index < -0.39 is 0 Å². The summed E-state index contributed by atoms with van der Waals surface area (Å²) in [4.78, 5) is 0. The minimum Gasteiger partial charge on any atom is -0.396 e. The number of ether oxygens (including phenoxy) is 1. The zero-order valence-electron chi connectivity index (χ0n) is 9.24. The molecule has 1 unspecified atom stereocenters. The van der Waals surface area contributed by atoms with Gasteiger partial charge in [-0.05, 0) is 24.7 Å². The van der Waals surface area contributed by atoms with Gasteiger partial charge in [-0.15, -0.1) is 0 Å². The fourth-order valence-electron chi connectivity index (χ4n) is 2.20. The minimum absolute atomic E-state index is 0.100. The Morgan fingerprint density at radius 3 is 2.44 bits per heavy atom. The van der Waals surface area contributed by atoms with Crippen LogP contribution in [-0.2, 0) is 4.74 Å². The molecule has 1 aliphatic heterocycles. The normalized spacial score (nSPS) is 20.2. The van der Waals surface area contributed by atoms with Gasteiger partial charge in [0.05, 0.1) is 25.2 Å². The van der Waals surface area contributed by atoms with E-state index in [-0.39, 0.29) is 18.1 Å². The van der Waals surface area contributed by atoms with Crippen LogP contribution in [0.2, 0.25) is 5.02 Å².